The van der Waals surface area contributed by atoms with Crippen LogP contribution in [0.2, 0.25) is 0 Å². The predicted molar refractivity (Wildman–Crippen MR) is 152 cm³/mol. The Labute approximate surface area is 233 Å². The molecular formula is C33H46N2O4. The Kier molecular flexibility index (Phi) is 6.28. The fraction of sp³-hybridized carbons (Fsp3) is 0.667. The molecule has 2 saturated carbocycles. The van der Waals surface area contributed by atoms with Gasteiger partial charge in [-0.05, 0) is 69.2 Å². The highest BCUT2D eigenvalue weighted by Gasteiger charge is 2.69. The number of hydrogen-bond acceptors (Lipinski definition) is 5. The Balaban J connectivity index is 1.33. The van der Waals surface area contributed by atoms with E-state index in [-0.39, 0.29) is 52.7 Å². The number of allylic oxidation sites excluding steroid dienone is 1. The molecule has 1 amide bonds. The van der Waals surface area contributed by atoms with Crippen molar-refractivity contribution in [3.8, 4) is 0 Å². The highest BCUT2D eigenvalue weighted by Crippen LogP contribution is 2.69. The smallest absolute Gasteiger partial charge is 0.251 e. The normalized spacial score (nSPS) is 47.1. The summed E-state index contributed by atoms with van der Waals surface area (Å²) in [4.78, 5) is 15.4. The zero-order chi connectivity index (χ0) is 28.0. The third-order valence-corrected chi connectivity index (χ3v) is 12.3. The van der Waals surface area contributed by atoms with Crippen LogP contribution in [0.5, 0.6) is 0 Å². The molecular weight excluding hydrogens is 488 g/mol. The molecule has 2 bridgehead atoms. The molecule has 1 saturated heterocycles. The van der Waals surface area contributed by atoms with Gasteiger partial charge in [0.1, 0.15) is 0 Å². The first-order valence-corrected chi connectivity index (χ1v) is 14.8. The minimum atomic E-state index is -0.573. The summed E-state index contributed by atoms with van der Waals surface area (Å²) in [6.45, 7) is 9.65. The lowest BCUT2D eigenvalue weighted by molar-refractivity contribution is -0.0480. The van der Waals surface area contributed by atoms with E-state index in [1.54, 1.807) is 0 Å². The van der Waals surface area contributed by atoms with Gasteiger partial charge in [-0.1, -0.05) is 62.8 Å². The van der Waals surface area contributed by atoms with Crippen LogP contribution in [-0.4, -0.2) is 71.6 Å². The summed E-state index contributed by atoms with van der Waals surface area (Å²) in [5.74, 6) is 0.119. The van der Waals surface area contributed by atoms with E-state index >= 15 is 0 Å². The van der Waals surface area contributed by atoms with Gasteiger partial charge in [0.2, 0.25) is 0 Å². The van der Waals surface area contributed by atoms with Crippen LogP contribution in [0, 0.1) is 34.0 Å². The average Bonchev–Trinajstić information content (AvgIpc) is 3.17. The minimum absolute atomic E-state index is 0.0665. The molecule has 1 aromatic rings. The fourth-order valence-corrected chi connectivity index (χ4v) is 9.84. The van der Waals surface area contributed by atoms with Crippen LogP contribution in [0.1, 0.15) is 63.7 Å². The second-order valence-electron chi connectivity index (χ2n) is 14.3. The van der Waals surface area contributed by atoms with Crippen molar-refractivity contribution in [2.75, 3.05) is 20.7 Å². The number of aliphatic hydroxyl groups is 2. The number of fused-ring (bicyclic) bond motifs is 3. The summed E-state index contributed by atoms with van der Waals surface area (Å²) in [5, 5.41) is 26.8. The van der Waals surface area contributed by atoms with E-state index in [0.29, 0.717) is 18.6 Å². The van der Waals surface area contributed by atoms with Gasteiger partial charge < -0.3 is 25.2 Å². The first-order chi connectivity index (χ1) is 18.4. The maximum atomic E-state index is 13.1. The minimum Gasteiger partial charge on any atom is -0.393 e. The number of aliphatic hydroxyl groups excluding tert-OH is 2. The van der Waals surface area contributed by atoms with Crippen molar-refractivity contribution in [1.29, 1.82) is 0 Å². The molecule has 11 atom stereocenters. The van der Waals surface area contributed by atoms with E-state index < -0.39 is 17.1 Å². The SMILES string of the molecule is CC([C@H]1[C@H](O)C[C@@]2(C)[C@@H]3C[C@H](O)[C@@H]4C5(C=C[C@H](NC(=O)c6ccccc6)[C@@]4(C)CO5)CC3=CC[C@]12C)N(C)C. The quantitative estimate of drug-likeness (QED) is 0.505. The number of rotatable bonds is 4. The van der Waals surface area contributed by atoms with E-state index in [1.807, 2.05) is 30.3 Å². The van der Waals surface area contributed by atoms with Crippen molar-refractivity contribution in [1.82, 2.24) is 10.2 Å². The average molecular weight is 535 g/mol. The van der Waals surface area contributed by atoms with Crippen molar-refractivity contribution >= 4 is 5.91 Å². The van der Waals surface area contributed by atoms with Crippen molar-refractivity contribution in [2.24, 2.45) is 34.0 Å². The number of ether oxygens (including phenoxy) is 1. The highest BCUT2D eigenvalue weighted by atomic mass is 16.5. The second kappa shape index (κ2) is 9.01. The molecule has 4 aliphatic carbocycles. The molecule has 1 heterocycles. The summed E-state index contributed by atoms with van der Waals surface area (Å²) in [6.07, 6.45) is 8.86. The Morgan fingerprint density at radius 3 is 2.51 bits per heavy atom. The standard InChI is InChI=1S/C33H46N2O4/c1-20(35(5)6)27-25(37)18-32(4)23-16-24(36)28-30(2)19-39-33(28,17-22(23)12-14-31(27,32)3)15-13-26(30)34-29(38)21-10-8-7-9-11-21/h7-13,15,20,23-28,36-37H,14,16-19H2,1-6H3,(H,34,38)/t20?,23-,24+,25-,26+,27+,28+,30-,31-,32+,33?/m1/s1. The molecule has 39 heavy (non-hydrogen) atoms. The van der Waals surface area contributed by atoms with Gasteiger partial charge >= 0.3 is 0 Å². The Morgan fingerprint density at radius 2 is 1.82 bits per heavy atom. The zero-order valence-electron chi connectivity index (χ0n) is 24.4. The number of carbonyl (C=O) groups excluding carboxylic acids is 1. The summed E-state index contributed by atoms with van der Waals surface area (Å²) < 4.78 is 6.67. The van der Waals surface area contributed by atoms with Gasteiger partial charge in [-0.3, -0.25) is 4.79 Å². The van der Waals surface area contributed by atoms with Crippen molar-refractivity contribution < 1.29 is 19.7 Å². The van der Waals surface area contributed by atoms with Gasteiger partial charge in [-0.25, -0.2) is 0 Å². The molecule has 0 spiro atoms. The molecule has 5 aliphatic rings. The monoisotopic (exact) mass is 534 g/mol. The number of benzene rings is 1. The summed E-state index contributed by atoms with van der Waals surface area (Å²) in [5.41, 5.74) is 0.831. The van der Waals surface area contributed by atoms with E-state index in [9.17, 15) is 15.0 Å². The third kappa shape index (κ3) is 3.71. The lowest BCUT2D eigenvalue weighted by Gasteiger charge is -2.54. The van der Waals surface area contributed by atoms with Crippen molar-refractivity contribution in [3.63, 3.8) is 0 Å². The van der Waals surface area contributed by atoms with Gasteiger partial charge in [0.05, 0.1) is 30.5 Å². The Morgan fingerprint density at radius 1 is 1.10 bits per heavy atom. The van der Waals surface area contributed by atoms with Crippen LogP contribution in [0.15, 0.2) is 54.1 Å². The van der Waals surface area contributed by atoms with Gasteiger partial charge in [0, 0.05) is 35.3 Å². The summed E-state index contributed by atoms with van der Waals surface area (Å²) in [6, 6.07) is 9.35. The van der Waals surface area contributed by atoms with Gasteiger partial charge in [0.25, 0.3) is 5.91 Å². The highest BCUT2D eigenvalue weighted by molar-refractivity contribution is 5.94. The number of nitrogens with zero attached hydrogens (tertiary/aromatic N) is 1. The van der Waals surface area contributed by atoms with Crippen LogP contribution >= 0.6 is 0 Å². The second-order valence-corrected chi connectivity index (χ2v) is 14.3. The van der Waals surface area contributed by atoms with Gasteiger partial charge in [-0.15, -0.1) is 0 Å². The molecule has 0 radical (unpaired) electrons. The molecule has 6 heteroatoms. The van der Waals surface area contributed by atoms with Crippen LogP contribution < -0.4 is 5.32 Å². The zero-order valence-corrected chi connectivity index (χ0v) is 24.4. The summed E-state index contributed by atoms with van der Waals surface area (Å²) in [7, 11) is 4.21. The van der Waals surface area contributed by atoms with Crippen LogP contribution in [0.3, 0.4) is 0 Å². The molecule has 6 rings (SSSR count). The third-order valence-electron chi connectivity index (χ3n) is 12.3. The molecule has 2 unspecified atom stereocenters. The lowest BCUT2D eigenvalue weighted by Crippen LogP contribution is -2.57. The molecule has 0 aromatic heterocycles. The molecule has 212 valence electrons. The molecule has 3 fully saturated rings. The first-order valence-electron chi connectivity index (χ1n) is 14.8. The molecule has 6 nitrogen and oxygen atoms in total. The number of hydrogen-bond donors (Lipinski definition) is 3. The number of amides is 1. The maximum Gasteiger partial charge on any atom is 0.251 e. The predicted octanol–water partition coefficient (Wildman–Crippen LogP) is 4.19. The van der Waals surface area contributed by atoms with Crippen LogP contribution in [-0.2, 0) is 4.74 Å². The van der Waals surface area contributed by atoms with E-state index in [2.05, 4.69) is 70.2 Å². The topological polar surface area (TPSA) is 82.0 Å². The number of nitrogens with one attached hydrogen (secondary N) is 1. The molecule has 1 aromatic carbocycles. The van der Waals surface area contributed by atoms with E-state index in [1.165, 1.54) is 5.57 Å². The van der Waals surface area contributed by atoms with Crippen LogP contribution in [0.25, 0.3) is 0 Å². The maximum absolute atomic E-state index is 13.1. The van der Waals surface area contributed by atoms with Gasteiger partial charge in [-0.2, -0.15) is 0 Å². The Hall–Kier alpha value is -1.99. The Bertz CT molecular complexity index is 1200. The first kappa shape index (κ1) is 27.2. The molecule has 3 N–H and O–H groups in total. The van der Waals surface area contributed by atoms with E-state index in [0.717, 1.165) is 19.3 Å². The van der Waals surface area contributed by atoms with E-state index in [4.69, 9.17) is 4.74 Å². The van der Waals surface area contributed by atoms with Crippen LogP contribution in [0.4, 0.5) is 0 Å². The van der Waals surface area contributed by atoms with Crippen molar-refractivity contribution in [2.45, 2.75) is 83.3 Å². The van der Waals surface area contributed by atoms with Crippen molar-refractivity contribution in [3.05, 3.63) is 59.7 Å². The fourth-order valence-electron chi connectivity index (χ4n) is 9.84. The molecule has 1 aliphatic heterocycles. The summed E-state index contributed by atoms with van der Waals surface area (Å²) >= 11 is 0. The largest absolute Gasteiger partial charge is 0.393 e. The lowest BCUT2D eigenvalue weighted by atomic mass is 9.51. The van der Waals surface area contributed by atoms with Gasteiger partial charge in [0.15, 0.2) is 0 Å². The number of carbonyl (C=O) groups is 1.